The molecule has 1 aromatic rings. The number of hydrogen-bond donors (Lipinski definition) is 1. The minimum absolute atomic E-state index is 0.123. The van der Waals surface area contributed by atoms with Crippen molar-refractivity contribution in [3.05, 3.63) is 35.4 Å². The van der Waals surface area contributed by atoms with Gasteiger partial charge in [-0.1, -0.05) is 19.9 Å². The standard InChI is InChI=1S/C12H17F2N/c1-8(2)7-15-9(3)12-10(13)5-4-6-11(12)14/h4-6,8-9,15H,7H2,1-3H3. The number of halogens is 2. The summed E-state index contributed by atoms with van der Waals surface area (Å²) >= 11 is 0. The van der Waals surface area contributed by atoms with Gasteiger partial charge in [-0.2, -0.15) is 0 Å². The molecule has 3 heteroatoms. The Bertz CT molecular complexity index is 303. The maximum Gasteiger partial charge on any atom is 0.130 e. The van der Waals surface area contributed by atoms with Crippen LogP contribution < -0.4 is 5.32 Å². The molecule has 0 saturated carbocycles. The maximum absolute atomic E-state index is 13.3. The Kier molecular flexibility index (Phi) is 4.21. The van der Waals surface area contributed by atoms with E-state index in [1.165, 1.54) is 18.2 Å². The van der Waals surface area contributed by atoms with Gasteiger partial charge in [0.15, 0.2) is 0 Å². The fraction of sp³-hybridized carbons (Fsp3) is 0.500. The van der Waals surface area contributed by atoms with Gasteiger partial charge in [-0.25, -0.2) is 8.78 Å². The van der Waals surface area contributed by atoms with Gasteiger partial charge in [0.25, 0.3) is 0 Å². The van der Waals surface area contributed by atoms with Crippen molar-refractivity contribution in [1.82, 2.24) is 5.32 Å². The van der Waals surface area contributed by atoms with E-state index in [4.69, 9.17) is 0 Å². The Morgan fingerprint density at radius 1 is 1.13 bits per heavy atom. The second-order valence-corrected chi connectivity index (χ2v) is 4.16. The fourth-order valence-electron chi connectivity index (χ4n) is 1.44. The predicted octanol–water partition coefficient (Wildman–Crippen LogP) is 3.27. The van der Waals surface area contributed by atoms with Crippen LogP contribution in [-0.4, -0.2) is 6.54 Å². The zero-order chi connectivity index (χ0) is 11.4. The molecule has 0 bridgehead atoms. The van der Waals surface area contributed by atoms with E-state index in [1.807, 2.05) is 0 Å². The third-order valence-electron chi connectivity index (χ3n) is 2.27. The number of nitrogens with one attached hydrogen (secondary N) is 1. The highest BCUT2D eigenvalue weighted by Crippen LogP contribution is 2.20. The van der Waals surface area contributed by atoms with Crippen LogP contribution >= 0.6 is 0 Å². The normalized spacial score (nSPS) is 13.2. The highest BCUT2D eigenvalue weighted by Gasteiger charge is 2.15. The van der Waals surface area contributed by atoms with Crippen LogP contribution in [0.1, 0.15) is 32.4 Å². The van der Waals surface area contributed by atoms with Gasteiger partial charge >= 0.3 is 0 Å². The summed E-state index contributed by atoms with van der Waals surface area (Å²) in [5.41, 5.74) is 0.123. The zero-order valence-corrected chi connectivity index (χ0v) is 9.35. The van der Waals surface area contributed by atoms with E-state index >= 15 is 0 Å². The Labute approximate surface area is 89.5 Å². The molecule has 0 aliphatic heterocycles. The highest BCUT2D eigenvalue weighted by molar-refractivity contribution is 5.22. The van der Waals surface area contributed by atoms with Crippen molar-refractivity contribution >= 4 is 0 Å². The third kappa shape index (κ3) is 3.27. The van der Waals surface area contributed by atoms with Crippen LogP contribution in [0.4, 0.5) is 8.78 Å². The minimum atomic E-state index is -0.487. The fourth-order valence-corrected chi connectivity index (χ4v) is 1.44. The first-order chi connectivity index (χ1) is 7.02. The van der Waals surface area contributed by atoms with Gasteiger partial charge in [-0.3, -0.25) is 0 Å². The van der Waals surface area contributed by atoms with Crippen molar-refractivity contribution < 1.29 is 8.78 Å². The summed E-state index contributed by atoms with van der Waals surface area (Å²) < 4.78 is 26.7. The molecule has 0 aliphatic carbocycles. The van der Waals surface area contributed by atoms with Crippen molar-refractivity contribution in [2.24, 2.45) is 5.92 Å². The smallest absolute Gasteiger partial charge is 0.130 e. The Morgan fingerprint density at radius 3 is 2.13 bits per heavy atom. The van der Waals surface area contributed by atoms with Crippen LogP contribution in [0.2, 0.25) is 0 Å². The Morgan fingerprint density at radius 2 is 1.67 bits per heavy atom. The molecule has 0 fully saturated rings. The molecular weight excluding hydrogens is 196 g/mol. The highest BCUT2D eigenvalue weighted by atomic mass is 19.1. The molecule has 84 valence electrons. The van der Waals surface area contributed by atoms with Gasteiger partial charge in [0.1, 0.15) is 11.6 Å². The second-order valence-electron chi connectivity index (χ2n) is 4.16. The minimum Gasteiger partial charge on any atom is -0.310 e. The summed E-state index contributed by atoms with van der Waals surface area (Å²) in [6.07, 6.45) is 0. The lowest BCUT2D eigenvalue weighted by Crippen LogP contribution is -2.24. The SMILES string of the molecule is CC(C)CNC(C)c1c(F)cccc1F. The first kappa shape index (κ1) is 12.1. The van der Waals surface area contributed by atoms with Gasteiger partial charge in [0.05, 0.1) is 0 Å². The molecule has 1 unspecified atom stereocenters. The van der Waals surface area contributed by atoms with E-state index in [-0.39, 0.29) is 11.6 Å². The van der Waals surface area contributed by atoms with E-state index in [0.29, 0.717) is 5.92 Å². The van der Waals surface area contributed by atoms with Crippen molar-refractivity contribution in [2.75, 3.05) is 6.54 Å². The molecule has 0 heterocycles. The second kappa shape index (κ2) is 5.21. The van der Waals surface area contributed by atoms with E-state index in [1.54, 1.807) is 6.92 Å². The average Bonchev–Trinajstić information content (AvgIpc) is 2.14. The molecule has 1 atom stereocenters. The molecule has 1 rings (SSSR count). The molecule has 0 aromatic heterocycles. The quantitative estimate of drug-likeness (QED) is 0.809. The monoisotopic (exact) mass is 213 g/mol. The van der Waals surface area contributed by atoms with Crippen LogP contribution in [0.15, 0.2) is 18.2 Å². The predicted molar refractivity (Wildman–Crippen MR) is 57.6 cm³/mol. The molecule has 0 amide bonds. The number of hydrogen-bond acceptors (Lipinski definition) is 1. The van der Waals surface area contributed by atoms with Crippen molar-refractivity contribution in [2.45, 2.75) is 26.8 Å². The first-order valence-electron chi connectivity index (χ1n) is 5.19. The molecular formula is C12H17F2N. The lowest BCUT2D eigenvalue weighted by atomic mass is 10.1. The van der Waals surface area contributed by atoms with Gasteiger partial charge in [-0.05, 0) is 31.5 Å². The van der Waals surface area contributed by atoms with Gasteiger partial charge in [-0.15, -0.1) is 0 Å². The van der Waals surface area contributed by atoms with Gasteiger partial charge < -0.3 is 5.32 Å². The summed E-state index contributed by atoms with van der Waals surface area (Å²) in [7, 11) is 0. The van der Waals surface area contributed by atoms with Crippen LogP contribution in [0.3, 0.4) is 0 Å². The maximum atomic E-state index is 13.3. The molecule has 0 saturated heterocycles. The summed E-state index contributed by atoms with van der Waals surface area (Å²) in [5.74, 6) is -0.514. The lowest BCUT2D eigenvalue weighted by molar-refractivity contribution is 0.456. The summed E-state index contributed by atoms with van der Waals surface area (Å²) in [6.45, 7) is 6.62. The molecule has 1 N–H and O–H groups in total. The molecule has 1 aromatic carbocycles. The molecule has 0 radical (unpaired) electrons. The Hall–Kier alpha value is -0.960. The molecule has 0 spiro atoms. The molecule has 0 aliphatic rings. The van der Waals surface area contributed by atoms with Crippen molar-refractivity contribution in [3.63, 3.8) is 0 Å². The van der Waals surface area contributed by atoms with E-state index in [0.717, 1.165) is 6.54 Å². The molecule has 1 nitrogen and oxygen atoms in total. The van der Waals surface area contributed by atoms with Crippen molar-refractivity contribution in [3.8, 4) is 0 Å². The average molecular weight is 213 g/mol. The summed E-state index contributed by atoms with van der Waals surface area (Å²) in [4.78, 5) is 0. The zero-order valence-electron chi connectivity index (χ0n) is 9.35. The van der Waals surface area contributed by atoms with Crippen LogP contribution in [0.25, 0.3) is 0 Å². The summed E-state index contributed by atoms with van der Waals surface area (Å²) in [5, 5.41) is 3.10. The van der Waals surface area contributed by atoms with Gasteiger partial charge in [0, 0.05) is 11.6 Å². The topological polar surface area (TPSA) is 12.0 Å². The van der Waals surface area contributed by atoms with Crippen LogP contribution in [0.5, 0.6) is 0 Å². The van der Waals surface area contributed by atoms with E-state index in [2.05, 4.69) is 19.2 Å². The molecule has 15 heavy (non-hydrogen) atoms. The van der Waals surface area contributed by atoms with Crippen LogP contribution in [0, 0.1) is 17.6 Å². The van der Waals surface area contributed by atoms with Crippen molar-refractivity contribution in [1.29, 1.82) is 0 Å². The number of rotatable bonds is 4. The lowest BCUT2D eigenvalue weighted by Gasteiger charge is -2.17. The third-order valence-corrected chi connectivity index (χ3v) is 2.27. The summed E-state index contributed by atoms with van der Waals surface area (Å²) in [6, 6.07) is 3.65. The van der Waals surface area contributed by atoms with E-state index < -0.39 is 11.6 Å². The Balaban J connectivity index is 2.77. The van der Waals surface area contributed by atoms with Crippen LogP contribution in [-0.2, 0) is 0 Å². The van der Waals surface area contributed by atoms with Gasteiger partial charge in [0.2, 0.25) is 0 Å². The number of benzene rings is 1. The first-order valence-corrected chi connectivity index (χ1v) is 5.19. The largest absolute Gasteiger partial charge is 0.310 e. The van der Waals surface area contributed by atoms with E-state index in [9.17, 15) is 8.78 Å².